The molecular formula is C21H17N3O2. The first-order chi connectivity index (χ1) is 12.5. The molecule has 0 saturated heterocycles. The van der Waals surface area contributed by atoms with Gasteiger partial charge in [-0.2, -0.15) is 5.26 Å². The quantitative estimate of drug-likeness (QED) is 0.736. The number of allylic oxidation sites excluding steroid dienone is 1. The molecule has 5 nitrogen and oxygen atoms in total. The first-order valence-corrected chi connectivity index (χ1v) is 8.29. The summed E-state index contributed by atoms with van der Waals surface area (Å²) in [6, 6.07) is 17.4. The van der Waals surface area contributed by atoms with Crippen LogP contribution >= 0.6 is 0 Å². The summed E-state index contributed by atoms with van der Waals surface area (Å²) in [4.78, 5) is 13.2. The van der Waals surface area contributed by atoms with Crippen LogP contribution in [0.3, 0.4) is 0 Å². The fraction of sp³-hybridized carbons (Fsp3) is 0.143. The zero-order valence-electron chi connectivity index (χ0n) is 14.5. The molecule has 5 heteroatoms. The fourth-order valence-corrected chi connectivity index (χ4v) is 3.65. The molecule has 0 aliphatic carbocycles. The first kappa shape index (κ1) is 16.0. The molecule has 2 heterocycles. The van der Waals surface area contributed by atoms with Gasteiger partial charge in [0.1, 0.15) is 17.4 Å². The third kappa shape index (κ3) is 2.12. The minimum absolute atomic E-state index is 0.0478. The normalized spacial score (nSPS) is 16.1. The Balaban J connectivity index is 2.16. The molecule has 1 atom stereocenters. The average molecular weight is 343 g/mol. The highest BCUT2D eigenvalue weighted by molar-refractivity contribution is 5.88. The smallest absolute Gasteiger partial charge is 0.258 e. The second-order valence-electron chi connectivity index (χ2n) is 6.41. The molecule has 0 bridgehead atoms. The Hall–Kier alpha value is -3.52. The van der Waals surface area contributed by atoms with Crippen molar-refractivity contribution in [2.75, 3.05) is 0 Å². The van der Waals surface area contributed by atoms with Crippen LogP contribution in [0.2, 0.25) is 0 Å². The van der Waals surface area contributed by atoms with Crippen LogP contribution in [-0.4, -0.2) is 4.57 Å². The van der Waals surface area contributed by atoms with E-state index in [-0.39, 0.29) is 17.0 Å². The van der Waals surface area contributed by atoms with Gasteiger partial charge in [0.05, 0.1) is 17.0 Å². The van der Waals surface area contributed by atoms with Gasteiger partial charge in [-0.25, -0.2) is 0 Å². The van der Waals surface area contributed by atoms with Crippen molar-refractivity contribution in [3.63, 3.8) is 0 Å². The van der Waals surface area contributed by atoms with Gasteiger partial charge < -0.3 is 15.0 Å². The van der Waals surface area contributed by atoms with Crippen LogP contribution in [0.5, 0.6) is 5.75 Å². The van der Waals surface area contributed by atoms with Crippen LogP contribution in [0.15, 0.2) is 64.8 Å². The van der Waals surface area contributed by atoms with Gasteiger partial charge in [0.25, 0.3) is 5.56 Å². The standard InChI is InChI=1S/C21H17N3O2/c1-12-7-3-4-8-13(12)17-15(11-22)20(23)26-19-14-9-5-6-10-16(14)24(2)21(25)18(17)19/h3-10,17H,23H2,1-2H3. The van der Waals surface area contributed by atoms with Crippen molar-refractivity contribution in [3.8, 4) is 11.8 Å². The highest BCUT2D eigenvalue weighted by Crippen LogP contribution is 2.43. The Morgan fingerprint density at radius 1 is 1.15 bits per heavy atom. The van der Waals surface area contributed by atoms with Crippen LogP contribution in [0.4, 0.5) is 0 Å². The van der Waals surface area contributed by atoms with Crippen LogP contribution < -0.4 is 16.0 Å². The molecule has 0 saturated carbocycles. The predicted molar refractivity (Wildman–Crippen MR) is 99.7 cm³/mol. The number of pyridine rings is 1. The number of hydrogen-bond donors (Lipinski definition) is 1. The van der Waals surface area contributed by atoms with Gasteiger partial charge in [-0.15, -0.1) is 0 Å². The van der Waals surface area contributed by atoms with Crippen molar-refractivity contribution < 1.29 is 4.74 Å². The lowest BCUT2D eigenvalue weighted by molar-refractivity contribution is 0.396. The minimum atomic E-state index is -0.548. The third-order valence-corrected chi connectivity index (χ3v) is 4.96. The van der Waals surface area contributed by atoms with Crippen molar-refractivity contribution in [1.29, 1.82) is 5.26 Å². The Morgan fingerprint density at radius 2 is 1.85 bits per heavy atom. The number of nitrogens with two attached hydrogens (primary N) is 1. The van der Waals surface area contributed by atoms with Crippen LogP contribution in [0.1, 0.15) is 22.6 Å². The van der Waals surface area contributed by atoms with E-state index >= 15 is 0 Å². The summed E-state index contributed by atoms with van der Waals surface area (Å²) in [5.41, 5.74) is 9.24. The second kappa shape index (κ2) is 5.78. The van der Waals surface area contributed by atoms with Gasteiger partial charge in [0.15, 0.2) is 0 Å². The molecule has 0 fully saturated rings. The summed E-state index contributed by atoms with van der Waals surface area (Å²) in [6.45, 7) is 1.96. The van der Waals surface area contributed by atoms with Crippen molar-refractivity contribution in [2.45, 2.75) is 12.8 Å². The highest BCUT2D eigenvalue weighted by atomic mass is 16.5. The number of aryl methyl sites for hydroxylation is 2. The first-order valence-electron chi connectivity index (χ1n) is 8.29. The number of hydrogen-bond acceptors (Lipinski definition) is 4. The summed E-state index contributed by atoms with van der Waals surface area (Å²) >= 11 is 0. The molecular weight excluding hydrogens is 326 g/mol. The Bertz CT molecular complexity index is 1180. The lowest BCUT2D eigenvalue weighted by Gasteiger charge is -2.28. The Kier molecular flexibility index (Phi) is 3.55. The third-order valence-electron chi connectivity index (χ3n) is 4.96. The summed E-state index contributed by atoms with van der Waals surface area (Å²) in [5.74, 6) is -0.0617. The zero-order valence-corrected chi connectivity index (χ0v) is 14.5. The molecule has 0 radical (unpaired) electrons. The van der Waals surface area contributed by atoms with Crippen molar-refractivity contribution in [3.05, 3.63) is 87.0 Å². The van der Waals surface area contributed by atoms with Crippen LogP contribution in [-0.2, 0) is 7.05 Å². The molecule has 1 aliphatic rings. The molecule has 1 aliphatic heterocycles. The Morgan fingerprint density at radius 3 is 2.58 bits per heavy atom. The molecule has 1 unspecified atom stereocenters. The van der Waals surface area contributed by atoms with Gasteiger partial charge in [-0.05, 0) is 30.2 Å². The molecule has 0 spiro atoms. The van der Waals surface area contributed by atoms with Crippen molar-refractivity contribution >= 4 is 10.9 Å². The topological polar surface area (TPSA) is 81.0 Å². The molecule has 0 amide bonds. The van der Waals surface area contributed by atoms with Crippen LogP contribution in [0.25, 0.3) is 10.9 Å². The lowest BCUT2D eigenvalue weighted by atomic mass is 9.81. The number of nitrogens with zero attached hydrogens (tertiary/aromatic N) is 2. The van der Waals surface area contributed by atoms with E-state index in [0.29, 0.717) is 11.3 Å². The highest BCUT2D eigenvalue weighted by Gasteiger charge is 2.35. The fourth-order valence-electron chi connectivity index (χ4n) is 3.65. The number of para-hydroxylation sites is 1. The average Bonchev–Trinajstić information content (AvgIpc) is 2.65. The van der Waals surface area contributed by atoms with Gasteiger partial charge in [-0.3, -0.25) is 4.79 Å². The number of fused-ring (bicyclic) bond motifs is 3. The number of benzene rings is 2. The molecule has 128 valence electrons. The van der Waals surface area contributed by atoms with Crippen molar-refractivity contribution in [2.24, 2.45) is 12.8 Å². The maximum Gasteiger partial charge on any atom is 0.258 e. The number of aromatic nitrogens is 1. The van der Waals surface area contributed by atoms with Gasteiger partial charge in [0.2, 0.25) is 5.88 Å². The van der Waals surface area contributed by atoms with E-state index in [9.17, 15) is 10.1 Å². The number of nitriles is 1. The lowest BCUT2D eigenvalue weighted by Crippen LogP contribution is -2.31. The van der Waals surface area contributed by atoms with E-state index in [4.69, 9.17) is 10.5 Å². The monoisotopic (exact) mass is 343 g/mol. The van der Waals surface area contributed by atoms with E-state index in [1.165, 1.54) is 0 Å². The van der Waals surface area contributed by atoms with Gasteiger partial charge in [-0.1, -0.05) is 36.4 Å². The number of rotatable bonds is 1. The van der Waals surface area contributed by atoms with Gasteiger partial charge in [0, 0.05) is 12.4 Å². The summed E-state index contributed by atoms with van der Waals surface area (Å²) in [6.07, 6.45) is 0. The van der Waals surface area contributed by atoms with Gasteiger partial charge >= 0.3 is 0 Å². The zero-order chi connectivity index (χ0) is 18.4. The number of ether oxygens (including phenoxy) is 1. The molecule has 1 aromatic heterocycles. The van der Waals surface area contributed by atoms with E-state index in [1.54, 1.807) is 11.6 Å². The summed E-state index contributed by atoms with van der Waals surface area (Å²) < 4.78 is 7.39. The SMILES string of the molecule is Cc1ccccc1C1C(C#N)=C(N)Oc2c1c(=O)n(C)c1ccccc21. The molecule has 4 rings (SSSR count). The Labute approximate surface area is 150 Å². The van der Waals surface area contributed by atoms with Crippen LogP contribution in [0, 0.1) is 18.3 Å². The maximum atomic E-state index is 13.2. The van der Waals surface area contributed by atoms with Crippen molar-refractivity contribution in [1.82, 2.24) is 4.57 Å². The molecule has 26 heavy (non-hydrogen) atoms. The maximum absolute atomic E-state index is 13.2. The molecule has 2 N–H and O–H groups in total. The minimum Gasteiger partial charge on any atom is -0.439 e. The predicted octanol–water partition coefficient (Wildman–Crippen LogP) is 3.07. The second-order valence-corrected chi connectivity index (χ2v) is 6.41. The summed E-state index contributed by atoms with van der Waals surface area (Å²) in [7, 11) is 1.73. The van der Waals surface area contributed by atoms with E-state index in [0.717, 1.165) is 22.0 Å². The largest absolute Gasteiger partial charge is 0.439 e. The van der Waals surface area contributed by atoms with E-state index < -0.39 is 5.92 Å². The van der Waals surface area contributed by atoms with E-state index in [2.05, 4.69) is 6.07 Å². The van der Waals surface area contributed by atoms with E-state index in [1.807, 2.05) is 55.5 Å². The molecule has 2 aromatic carbocycles. The summed E-state index contributed by atoms with van der Waals surface area (Å²) in [5, 5.41) is 10.5. The molecule has 3 aromatic rings.